The van der Waals surface area contributed by atoms with E-state index in [1.807, 2.05) is 24.3 Å². The normalized spacial score (nSPS) is 10.6. The third-order valence-corrected chi connectivity index (χ3v) is 5.23. The van der Waals surface area contributed by atoms with Crippen LogP contribution in [0.4, 0.5) is 16.3 Å². The number of amides is 3. The zero-order chi connectivity index (χ0) is 24.3. The number of methoxy groups -OCH3 is 1. The highest BCUT2D eigenvalue weighted by molar-refractivity contribution is 6.01. The van der Waals surface area contributed by atoms with Crippen molar-refractivity contribution in [2.75, 3.05) is 43.9 Å². The zero-order valence-electron chi connectivity index (χ0n) is 19.7. The monoisotopic (exact) mass is 462 g/mol. The van der Waals surface area contributed by atoms with Gasteiger partial charge in [-0.25, -0.2) is 9.78 Å². The number of benzene rings is 1. The fourth-order valence-corrected chi connectivity index (χ4v) is 3.36. The van der Waals surface area contributed by atoms with Crippen LogP contribution in [0.2, 0.25) is 0 Å². The molecule has 0 aliphatic carbocycles. The summed E-state index contributed by atoms with van der Waals surface area (Å²) in [6.07, 6.45) is 1.69. The Morgan fingerprint density at radius 1 is 0.971 bits per heavy atom. The molecule has 0 fully saturated rings. The largest absolute Gasteiger partial charge is 0.496 e. The minimum Gasteiger partial charge on any atom is -0.496 e. The quantitative estimate of drug-likeness (QED) is 0.422. The van der Waals surface area contributed by atoms with Crippen LogP contribution in [0.15, 0.2) is 60.8 Å². The van der Waals surface area contributed by atoms with Crippen molar-refractivity contribution in [1.29, 1.82) is 0 Å². The Balaban J connectivity index is 1.61. The highest BCUT2D eigenvalue weighted by atomic mass is 16.5. The molecule has 0 bridgehead atoms. The first-order chi connectivity index (χ1) is 16.5. The van der Waals surface area contributed by atoms with Crippen molar-refractivity contribution in [3.8, 4) is 17.1 Å². The van der Waals surface area contributed by atoms with E-state index in [-0.39, 0.29) is 5.91 Å². The molecular formula is C25H30N6O3. The summed E-state index contributed by atoms with van der Waals surface area (Å²) in [4.78, 5) is 36.0. The van der Waals surface area contributed by atoms with Gasteiger partial charge in [-0.05, 0) is 49.5 Å². The summed E-state index contributed by atoms with van der Waals surface area (Å²) in [5, 5.41) is 8.36. The number of likely N-dealkylation sites (N-methyl/N-ethyl adjacent to an activating group) is 1. The molecular weight excluding hydrogens is 432 g/mol. The van der Waals surface area contributed by atoms with Crippen molar-refractivity contribution in [1.82, 2.24) is 20.2 Å². The number of ether oxygens (including phenoxy) is 1. The Labute approximate surface area is 199 Å². The zero-order valence-corrected chi connectivity index (χ0v) is 19.7. The smallest absolute Gasteiger partial charge is 0.324 e. The lowest BCUT2D eigenvalue weighted by Crippen LogP contribution is -2.34. The Bertz CT molecular complexity index is 1100. The van der Waals surface area contributed by atoms with Crippen molar-refractivity contribution < 1.29 is 14.3 Å². The first-order valence-corrected chi connectivity index (χ1v) is 11.2. The highest BCUT2D eigenvalue weighted by Crippen LogP contribution is 2.23. The van der Waals surface area contributed by atoms with Gasteiger partial charge in [-0.3, -0.25) is 15.1 Å². The number of aromatic nitrogens is 2. The van der Waals surface area contributed by atoms with Crippen molar-refractivity contribution in [2.45, 2.75) is 13.8 Å². The lowest BCUT2D eigenvalue weighted by atomic mass is 10.1. The Kier molecular flexibility index (Phi) is 8.93. The Hall–Kier alpha value is -3.98. The SMILES string of the molecule is CCN(CC)CCNC(=O)c1ccc(NC(=O)Nc2cccc(-c3ccccn3)n2)cc1OC. The maximum absolute atomic E-state index is 12.6. The van der Waals surface area contributed by atoms with Crippen LogP contribution < -0.4 is 20.7 Å². The molecule has 34 heavy (non-hydrogen) atoms. The Morgan fingerprint density at radius 2 is 1.76 bits per heavy atom. The van der Waals surface area contributed by atoms with Gasteiger partial charge < -0.3 is 20.3 Å². The molecule has 0 unspecified atom stereocenters. The third kappa shape index (κ3) is 6.76. The molecule has 2 heterocycles. The lowest BCUT2D eigenvalue weighted by molar-refractivity contribution is 0.0946. The molecule has 3 N–H and O–H groups in total. The number of nitrogens with zero attached hydrogens (tertiary/aromatic N) is 3. The highest BCUT2D eigenvalue weighted by Gasteiger charge is 2.14. The second kappa shape index (κ2) is 12.3. The van der Waals surface area contributed by atoms with Gasteiger partial charge in [0, 0.05) is 31.0 Å². The molecule has 3 amide bonds. The molecule has 3 rings (SSSR count). The van der Waals surface area contributed by atoms with Crippen LogP contribution in [0, 0.1) is 0 Å². The molecule has 0 aliphatic rings. The predicted molar refractivity (Wildman–Crippen MR) is 133 cm³/mol. The second-order valence-electron chi connectivity index (χ2n) is 7.40. The standard InChI is InChI=1S/C25H30N6O3/c1-4-31(5-2)16-15-27-24(32)19-13-12-18(17-22(19)34-3)28-25(33)30-23-11-8-10-21(29-23)20-9-6-7-14-26-20/h6-14,17H,4-5,15-16H2,1-3H3,(H,27,32)(H2,28,29,30,33). The molecule has 9 heteroatoms. The van der Waals surface area contributed by atoms with Crippen molar-refractivity contribution in [3.63, 3.8) is 0 Å². The number of hydrogen-bond acceptors (Lipinski definition) is 6. The van der Waals surface area contributed by atoms with Gasteiger partial charge >= 0.3 is 6.03 Å². The van der Waals surface area contributed by atoms with E-state index in [9.17, 15) is 9.59 Å². The van der Waals surface area contributed by atoms with Gasteiger partial charge in [0.05, 0.1) is 24.1 Å². The number of pyridine rings is 2. The summed E-state index contributed by atoms with van der Waals surface area (Å²) in [5.74, 6) is 0.528. The van der Waals surface area contributed by atoms with Crippen LogP contribution in [0.5, 0.6) is 5.75 Å². The van der Waals surface area contributed by atoms with Crippen LogP contribution in [0.1, 0.15) is 24.2 Å². The molecule has 0 saturated heterocycles. The van der Waals surface area contributed by atoms with E-state index < -0.39 is 6.03 Å². The molecule has 0 atom stereocenters. The Morgan fingerprint density at radius 3 is 2.47 bits per heavy atom. The summed E-state index contributed by atoms with van der Waals surface area (Å²) >= 11 is 0. The topological polar surface area (TPSA) is 108 Å². The third-order valence-electron chi connectivity index (χ3n) is 5.23. The van der Waals surface area contributed by atoms with Crippen LogP contribution in [0.3, 0.4) is 0 Å². The number of anilines is 2. The maximum Gasteiger partial charge on any atom is 0.324 e. The van der Waals surface area contributed by atoms with E-state index in [1.54, 1.807) is 36.5 Å². The van der Waals surface area contributed by atoms with Crippen LogP contribution in [-0.2, 0) is 0 Å². The van der Waals surface area contributed by atoms with Crippen molar-refractivity contribution >= 4 is 23.4 Å². The first-order valence-electron chi connectivity index (χ1n) is 11.2. The van der Waals surface area contributed by atoms with Gasteiger partial charge in [0.15, 0.2) is 0 Å². The second-order valence-corrected chi connectivity index (χ2v) is 7.40. The number of rotatable bonds is 10. The molecule has 3 aromatic rings. The van der Waals surface area contributed by atoms with Gasteiger partial charge in [-0.15, -0.1) is 0 Å². The van der Waals surface area contributed by atoms with E-state index in [2.05, 4.69) is 44.7 Å². The molecule has 178 valence electrons. The summed E-state index contributed by atoms with van der Waals surface area (Å²) in [6, 6.07) is 15.3. The van der Waals surface area contributed by atoms with E-state index >= 15 is 0 Å². The number of nitrogens with one attached hydrogen (secondary N) is 3. The van der Waals surface area contributed by atoms with Gasteiger partial charge in [0.2, 0.25) is 0 Å². The summed E-state index contributed by atoms with van der Waals surface area (Å²) in [5.41, 5.74) is 2.24. The number of urea groups is 1. The summed E-state index contributed by atoms with van der Waals surface area (Å²) < 4.78 is 5.38. The first kappa shape index (κ1) is 24.7. The van der Waals surface area contributed by atoms with Crippen molar-refractivity contribution in [3.05, 3.63) is 66.4 Å². The van der Waals surface area contributed by atoms with Gasteiger partial charge in [0.25, 0.3) is 5.91 Å². The van der Waals surface area contributed by atoms with Crippen LogP contribution in [-0.4, -0.2) is 60.1 Å². The van der Waals surface area contributed by atoms with E-state index in [4.69, 9.17) is 4.74 Å². The molecule has 0 spiro atoms. The lowest BCUT2D eigenvalue weighted by Gasteiger charge is -2.18. The predicted octanol–water partition coefficient (Wildman–Crippen LogP) is 3.87. The number of carbonyl (C=O) groups excluding carboxylic acids is 2. The number of carbonyl (C=O) groups is 2. The number of hydrogen-bond donors (Lipinski definition) is 3. The van der Waals surface area contributed by atoms with E-state index in [0.29, 0.717) is 40.8 Å². The van der Waals surface area contributed by atoms with Crippen LogP contribution >= 0.6 is 0 Å². The molecule has 0 radical (unpaired) electrons. The van der Waals surface area contributed by atoms with Gasteiger partial charge in [0.1, 0.15) is 11.6 Å². The fraction of sp³-hybridized carbons (Fsp3) is 0.280. The minimum absolute atomic E-state index is 0.226. The summed E-state index contributed by atoms with van der Waals surface area (Å²) in [6.45, 7) is 7.35. The minimum atomic E-state index is -0.468. The van der Waals surface area contributed by atoms with E-state index in [0.717, 1.165) is 19.6 Å². The maximum atomic E-state index is 12.6. The molecule has 1 aromatic carbocycles. The summed E-state index contributed by atoms with van der Waals surface area (Å²) in [7, 11) is 1.49. The van der Waals surface area contributed by atoms with Crippen molar-refractivity contribution in [2.24, 2.45) is 0 Å². The van der Waals surface area contributed by atoms with Gasteiger partial charge in [-0.1, -0.05) is 26.0 Å². The molecule has 0 saturated carbocycles. The molecule has 2 aromatic heterocycles. The fourth-order valence-electron chi connectivity index (χ4n) is 3.36. The van der Waals surface area contributed by atoms with E-state index in [1.165, 1.54) is 7.11 Å². The van der Waals surface area contributed by atoms with Gasteiger partial charge in [-0.2, -0.15) is 0 Å². The van der Waals surface area contributed by atoms with Crippen LogP contribution in [0.25, 0.3) is 11.4 Å². The molecule has 0 aliphatic heterocycles. The molecule has 9 nitrogen and oxygen atoms in total. The average Bonchev–Trinajstić information content (AvgIpc) is 2.87. The average molecular weight is 463 g/mol.